The van der Waals surface area contributed by atoms with Crippen LogP contribution in [0.25, 0.3) is 0 Å². The maximum absolute atomic E-state index is 5.75. The van der Waals surface area contributed by atoms with E-state index < -0.39 is 0 Å². The minimum atomic E-state index is 0.626. The van der Waals surface area contributed by atoms with Crippen molar-refractivity contribution < 1.29 is 14.4 Å². The Bertz CT molecular complexity index is 770. The Morgan fingerprint density at radius 2 is 1.75 bits per heavy atom. The molecular weight excluding hydrogens is 370 g/mol. The first-order valence-electron chi connectivity index (χ1n) is 9.98. The SMILES string of the molecule is CCOc1ccc(CCN2C[NH+](Cc3ccccc3)CNC2=S)cc1OCC. The fraction of sp³-hybridized carbons (Fsp3) is 0.409. The highest BCUT2D eigenvalue weighted by molar-refractivity contribution is 7.80. The van der Waals surface area contributed by atoms with Crippen LogP contribution in [0.15, 0.2) is 48.5 Å². The van der Waals surface area contributed by atoms with E-state index in [0.29, 0.717) is 13.2 Å². The van der Waals surface area contributed by atoms with Gasteiger partial charge >= 0.3 is 0 Å². The van der Waals surface area contributed by atoms with Crippen molar-refractivity contribution in [3.8, 4) is 11.5 Å². The van der Waals surface area contributed by atoms with Gasteiger partial charge in [0, 0.05) is 12.1 Å². The van der Waals surface area contributed by atoms with Crippen LogP contribution < -0.4 is 19.7 Å². The third-order valence-electron chi connectivity index (χ3n) is 4.77. The van der Waals surface area contributed by atoms with Crippen molar-refractivity contribution in [2.75, 3.05) is 33.1 Å². The number of rotatable bonds is 9. The first kappa shape index (κ1) is 20.4. The molecule has 0 saturated carbocycles. The molecule has 1 unspecified atom stereocenters. The maximum Gasteiger partial charge on any atom is 0.177 e. The second kappa shape index (κ2) is 10.3. The molecule has 0 amide bonds. The Kier molecular flexibility index (Phi) is 7.51. The summed E-state index contributed by atoms with van der Waals surface area (Å²) < 4.78 is 11.4. The summed E-state index contributed by atoms with van der Waals surface area (Å²) in [5, 5.41) is 4.21. The zero-order valence-corrected chi connectivity index (χ0v) is 17.6. The van der Waals surface area contributed by atoms with E-state index in [0.717, 1.165) is 49.5 Å². The average molecular weight is 401 g/mol. The van der Waals surface area contributed by atoms with Crippen molar-refractivity contribution in [3.63, 3.8) is 0 Å². The second-order valence-corrected chi connectivity index (χ2v) is 7.28. The van der Waals surface area contributed by atoms with E-state index in [1.54, 1.807) is 0 Å². The Hall–Kier alpha value is -2.31. The number of hydrogen-bond acceptors (Lipinski definition) is 3. The third-order valence-corrected chi connectivity index (χ3v) is 5.17. The lowest BCUT2D eigenvalue weighted by molar-refractivity contribution is -0.927. The number of nitrogens with one attached hydrogen (secondary N) is 2. The van der Waals surface area contributed by atoms with Gasteiger partial charge < -0.3 is 19.7 Å². The van der Waals surface area contributed by atoms with Crippen LogP contribution in [0.4, 0.5) is 0 Å². The van der Waals surface area contributed by atoms with Crippen molar-refractivity contribution in [2.45, 2.75) is 26.8 Å². The lowest BCUT2D eigenvalue weighted by Crippen LogP contribution is -3.16. The van der Waals surface area contributed by atoms with Gasteiger partial charge in [0.25, 0.3) is 0 Å². The number of ether oxygens (including phenoxy) is 2. The summed E-state index contributed by atoms with van der Waals surface area (Å²) in [6.45, 7) is 8.88. The van der Waals surface area contributed by atoms with Gasteiger partial charge in [-0.3, -0.25) is 4.90 Å². The molecule has 1 aliphatic rings. The van der Waals surface area contributed by atoms with Gasteiger partial charge in [-0.15, -0.1) is 0 Å². The smallest absolute Gasteiger partial charge is 0.177 e. The standard InChI is InChI=1S/C22H29N3O2S/c1-3-26-20-11-10-18(14-21(20)27-4-2)12-13-25-17-24(16-23-22(25)28)15-19-8-6-5-7-9-19/h5-11,14H,3-4,12-13,15-17H2,1-2H3,(H,23,28)/p+1. The van der Waals surface area contributed by atoms with E-state index in [1.165, 1.54) is 16.0 Å². The largest absolute Gasteiger partial charge is 0.490 e. The lowest BCUT2D eigenvalue weighted by Gasteiger charge is -2.35. The van der Waals surface area contributed by atoms with Crippen LogP contribution in [-0.4, -0.2) is 43.1 Å². The highest BCUT2D eigenvalue weighted by Crippen LogP contribution is 2.28. The minimum Gasteiger partial charge on any atom is -0.490 e. The van der Waals surface area contributed by atoms with Gasteiger partial charge in [0.15, 0.2) is 29.9 Å². The van der Waals surface area contributed by atoms with Gasteiger partial charge in [0.1, 0.15) is 6.54 Å². The summed E-state index contributed by atoms with van der Waals surface area (Å²) in [6.07, 6.45) is 0.910. The lowest BCUT2D eigenvalue weighted by atomic mass is 10.1. The Morgan fingerprint density at radius 1 is 1.00 bits per heavy atom. The zero-order chi connectivity index (χ0) is 19.8. The van der Waals surface area contributed by atoms with Crippen molar-refractivity contribution in [1.29, 1.82) is 0 Å². The molecule has 0 spiro atoms. The first-order chi connectivity index (χ1) is 13.7. The summed E-state index contributed by atoms with van der Waals surface area (Å²) >= 11 is 5.54. The van der Waals surface area contributed by atoms with Crippen molar-refractivity contribution in [2.24, 2.45) is 0 Å². The van der Waals surface area contributed by atoms with Crippen molar-refractivity contribution in [1.82, 2.24) is 10.2 Å². The Labute approximate surface area is 173 Å². The first-order valence-corrected chi connectivity index (χ1v) is 10.4. The minimum absolute atomic E-state index is 0.626. The molecule has 6 heteroatoms. The van der Waals surface area contributed by atoms with Gasteiger partial charge in [0.05, 0.1) is 13.2 Å². The summed E-state index contributed by atoms with van der Waals surface area (Å²) in [4.78, 5) is 3.72. The van der Waals surface area contributed by atoms with Gasteiger partial charge in [-0.25, -0.2) is 0 Å². The van der Waals surface area contributed by atoms with Crippen molar-refractivity contribution in [3.05, 3.63) is 59.7 Å². The Balaban J connectivity index is 1.59. The zero-order valence-electron chi connectivity index (χ0n) is 16.7. The van der Waals surface area contributed by atoms with Crippen LogP contribution in [0.5, 0.6) is 11.5 Å². The van der Waals surface area contributed by atoms with E-state index in [1.807, 2.05) is 19.9 Å². The molecule has 0 aromatic heterocycles. The molecule has 3 rings (SSSR count). The summed E-state index contributed by atoms with van der Waals surface area (Å²) in [5.74, 6) is 1.62. The van der Waals surface area contributed by atoms with E-state index in [9.17, 15) is 0 Å². The number of hydrogen-bond donors (Lipinski definition) is 2. The van der Waals surface area contributed by atoms with Crippen LogP contribution in [0.3, 0.4) is 0 Å². The fourth-order valence-electron chi connectivity index (χ4n) is 3.41. The molecule has 150 valence electrons. The van der Waals surface area contributed by atoms with E-state index in [-0.39, 0.29) is 0 Å². The molecule has 1 heterocycles. The van der Waals surface area contributed by atoms with Crippen molar-refractivity contribution >= 4 is 17.3 Å². The van der Waals surface area contributed by atoms with Gasteiger partial charge in [-0.1, -0.05) is 36.4 Å². The molecule has 0 radical (unpaired) electrons. The molecule has 2 aromatic rings. The normalized spacial score (nSPS) is 16.6. The number of quaternary nitrogens is 1. The quantitative estimate of drug-likeness (QED) is 0.632. The molecule has 0 bridgehead atoms. The molecular formula is C22H30N3O2S+. The van der Waals surface area contributed by atoms with Crippen LogP contribution in [0, 0.1) is 0 Å². The van der Waals surface area contributed by atoms with Gasteiger partial charge in [-0.2, -0.15) is 0 Å². The maximum atomic E-state index is 5.75. The topological polar surface area (TPSA) is 38.2 Å². The summed E-state index contributed by atoms with van der Waals surface area (Å²) in [7, 11) is 0. The second-order valence-electron chi connectivity index (χ2n) is 6.89. The highest BCUT2D eigenvalue weighted by Gasteiger charge is 2.23. The van der Waals surface area contributed by atoms with Crippen LogP contribution in [0.2, 0.25) is 0 Å². The number of nitrogens with zero attached hydrogens (tertiary/aromatic N) is 1. The fourth-order valence-corrected chi connectivity index (χ4v) is 3.64. The van der Waals surface area contributed by atoms with Gasteiger partial charge in [-0.05, 0) is 50.2 Å². The molecule has 1 saturated heterocycles. The predicted molar refractivity (Wildman–Crippen MR) is 116 cm³/mol. The van der Waals surface area contributed by atoms with Crippen LogP contribution in [-0.2, 0) is 13.0 Å². The number of thiocarbonyl (C=S) groups is 1. The third kappa shape index (κ3) is 5.59. The van der Waals surface area contributed by atoms with Crippen LogP contribution in [0.1, 0.15) is 25.0 Å². The van der Waals surface area contributed by atoms with Crippen LogP contribution >= 0.6 is 12.2 Å². The van der Waals surface area contributed by atoms with E-state index >= 15 is 0 Å². The average Bonchev–Trinajstić information content (AvgIpc) is 2.71. The molecule has 28 heavy (non-hydrogen) atoms. The monoisotopic (exact) mass is 400 g/mol. The molecule has 2 N–H and O–H groups in total. The molecule has 2 aromatic carbocycles. The van der Waals surface area contributed by atoms with E-state index in [4.69, 9.17) is 21.7 Å². The predicted octanol–water partition coefficient (Wildman–Crippen LogP) is 2.22. The number of benzene rings is 2. The molecule has 0 aliphatic carbocycles. The Morgan fingerprint density at radius 3 is 2.50 bits per heavy atom. The summed E-state index contributed by atoms with van der Waals surface area (Å²) in [5.41, 5.74) is 2.57. The molecule has 1 fully saturated rings. The summed E-state index contributed by atoms with van der Waals surface area (Å²) in [6, 6.07) is 16.8. The van der Waals surface area contributed by atoms with E-state index in [2.05, 4.69) is 52.7 Å². The van der Waals surface area contributed by atoms with Gasteiger partial charge in [0.2, 0.25) is 0 Å². The highest BCUT2D eigenvalue weighted by atomic mass is 32.1. The molecule has 1 aliphatic heterocycles. The molecule has 1 atom stereocenters. The molecule has 5 nitrogen and oxygen atoms in total.